The molecule has 2 bridgehead atoms. The molecule has 7 rings (SSSR count). The van der Waals surface area contributed by atoms with E-state index in [1.54, 1.807) is 23.7 Å². The van der Waals surface area contributed by atoms with Crippen molar-refractivity contribution in [1.29, 1.82) is 0 Å². The van der Waals surface area contributed by atoms with E-state index in [2.05, 4.69) is 20.5 Å². The molecule has 0 aromatic carbocycles. The van der Waals surface area contributed by atoms with Crippen molar-refractivity contribution in [1.82, 2.24) is 25.4 Å². The van der Waals surface area contributed by atoms with Gasteiger partial charge in [0.05, 0.1) is 49.2 Å². The Bertz CT molecular complexity index is 1080. The van der Waals surface area contributed by atoms with Gasteiger partial charge in [0.25, 0.3) is 5.91 Å². The molecule has 1 saturated carbocycles. The molecule has 12 heteroatoms. The number of nitrogens with zero attached hydrogens (tertiary/aromatic N) is 3. The zero-order chi connectivity index (χ0) is 28.6. The van der Waals surface area contributed by atoms with Gasteiger partial charge in [-0.25, -0.2) is 0 Å². The number of rotatable bonds is 10. The van der Waals surface area contributed by atoms with Gasteiger partial charge in [-0.1, -0.05) is 0 Å². The van der Waals surface area contributed by atoms with Crippen molar-refractivity contribution >= 4 is 29.1 Å². The topological polar surface area (TPSA) is 122 Å². The van der Waals surface area contributed by atoms with E-state index < -0.39 is 18.1 Å². The van der Waals surface area contributed by atoms with E-state index in [0.717, 1.165) is 64.8 Å². The highest BCUT2D eigenvalue weighted by atomic mass is 32.1. The van der Waals surface area contributed by atoms with Gasteiger partial charge in [0.15, 0.2) is 0 Å². The van der Waals surface area contributed by atoms with Gasteiger partial charge in [0.2, 0.25) is 11.8 Å². The molecule has 41 heavy (non-hydrogen) atoms. The maximum Gasteiger partial charge on any atom is 0.265 e. The van der Waals surface area contributed by atoms with E-state index in [1.165, 1.54) is 11.3 Å². The largest absolute Gasteiger partial charge is 0.378 e. The lowest BCUT2D eigenvalue weighted by Crippen LogP contribution is -2.65. The average molecular weight is 590 g/mol. The summed E-state index contributed by atoms with van der Waals surface area (Å²) in [5.74, 6) is -1.02. The van der Waals surface area contributed by atoms with Crippen LogP contribution in [0.25, 0.3) is 0 Å². The van der Waals surface area contributed by atoms with Crippen LogP contribution in [0, 0.1) is 16.7 Å². The van der Waals surface area contributed by atoms with E-state index in [4.69, 9.17) is 14.2 Å². The second kappa shape index (κ2) is 11.9. The van der Waals surface area contributed by atoms with E-state index >= 15 is 0 Å². The molecular weight excluding hydrogens is 546 g/mol. The van der Waals surface area contributed by atoms with Crippen LogP contribution < -0.4 is 10.6 Å². The zero-order valence-corrected chi connectivity index (χ0v) is 25.0. The van der Waals surface area contributed by atoms with Crippen LogP contribution in [-0.2, 0) is 23.8 Å². The fourth-order valence-corrected chi connectivity index (χ4v) is 8.12. The first-order valence-electron chi connectivity index (χ1n) is 15.1. The third kappa shape index (κ3) is 5.90. The number of thiazole rings is 1. The highest BCUT2D eigenvalue weighted by Crippen LogP contribution is 2.46. The molecule has 2 N–H and O–H groups in total. The van der Waals surface area contributed by atoms with Crippen molar-refractivity contribution in [3.8, 4) is 0 Å². The summed E-state index contributed by atoms with van der Waals surface area (Å²) in [5.41, 5.74) is 1.28. The van der Waals surface area contributed by atoms with E-state index in [9.17, 15) is 14.4 Å². The van der Waals surface area contributed by atoms with Gasteiger partial charge in [-0.3, -0.25) is 24.3 Å². The number of amides is 3. The van der Waals surface area contributed by atoms with Crippen LogP contribution in [-0.4, -0.2) is 116 Å². The van der Waals surface area contributed by atoms with Crippen molar-refractivity contribution < 1.29 is 28.6 Å². The van der Waals surface area contributed by atoms with Gasteiger partial charge in [0, 0.05) is 57.2 Å². The minimum absolute atomic E-state index is 0.00823. The number of nitrogens with one attached hydrogen (secondary N) is 2. The Morgan fingerprint density at radius 3 is 2.63 bits per heavy atom. The predicted molar refractivity (Wildman–Crippen MR) is 151 cm³/mol. The van der Waals surface area contributed by atoms with Crippen LogP contribution in [0.5, 0.6) is 0 Å². The van der Waals surface area contributed by atoms with Gasteiger partial charge in [0.1, 0.15) is 10.9 Å². The molecule has 0 radical (unpaired) electrons. The van der Waals surface area contributed by atoms with Crippen LogP contribution in [0.15, 0.2) is 11.7 Å². The highest BCUT2D eigenvalue weighted by Gasteiger charge is 2.58. The Labute approximate surface area is 245 Å². The fraction of sp³-hybridized carbons (Fsp3) is 0.793. The third-order valence-corrected chi connectivity index (χ3v) is 10.8. The zero-order valence-electron chi connectivity index (χ0n) is 24.1. The smallest absolute Gasteiger partial charge is 0.265 e. The second-order valence-corrected chi connectivity index (χ2v) is 13.8. The molecule has 6 fully saturated rings. The van der Waals surface area contributed by atoms with Crippen LogP contribution in [0.3, 0.4) is 0 Å². The normalized spacial score (nSPS) is 32.0. The molecule has 1 aromatic heterocycles. The molecule has 5 saturated heterocycles. The standard InChI is InChI=1S/C29H43N5O6S/c1-19(39-16-28-7-5-20(6-8-28)40-17-28)24(26(36)30-2)32-25(35)22-12-34(27(37)23-10-31-18-41-23)15-29(22)13-33(14-29)11-21-4-3-9-38-21/h10,18-22,24H,3-9,11-17H2,1-2H3,(H,30,36)(H,32,35)/t19-,20?,21?,22+,24?,28?/m1/s1. The lowest BCUT2D eigenvalue weighted by atomic mass is 9.71. The monoisotopic (exact) mass is 589 g/mol. The van der Waals surface area contributed by atoms with Gasteiger partial charge >= 0.3 is 0 Å². The lowest BCUT2D eigenvalue weighted by Gasteiger charge is -2.51. The molecular formula is C29H43N5O6S. The molecule has 1 aliphatic carbocycles. The molecule has 6 aliphatic rings. The summed E-state index contributed by atoms with van der Waals surface area (Å²) in [6, 6.07) is -0.837. The molecule has 2 unspecified atom stereocenters. The number of likely N-dealkylation sites (tertiary alicyclic amines) is 2. The van der Waals surface area contributed by atoms with Crippen molar-refractivity contribution in [2.45, 2.75) is 69.8 Å². The summed E-state index contributed by atoms with van der Waals surface area (Å²) in [7, 11) is 1.57. The number of likely N-dealkylation sites (N-methyl/N-ethyl adjacent to an activating group) is 1. The van der Waals surface area contributed by atoms with Crippen LogP contribution in [0.1, 0.15) is 55.1 Å². The van der Waals surface area contributed by atoms with Crippen molar-refractivity contribution in [3.05, 3.63) is 16.6 Å². The number of ether oxygens (including phenoxy) is 3. The summed E-state index contributed by atoms with van der Waals surface area (Å²) in [4.78, 5) is 49.0. The van der Waals surface area contributed by atoms with Crippen molar-refractivity contribution in [2.75, 3.05) is 59.6 Å². The molecule has 4 atom stereocenters. The predicted octanol–water partition coefficient (Wildman–Crippen LogP) is 1.29. The summed E-state index contributed by atoms with van der Waals surface area (Å²) < 4.78 is 18.1. The Kier molecular flexibility index (Phi) is 8.39. The van der Waals surface area contributed by atoms with E-state index in [0.29, 0.717) is 37.3 Å². The number of fused-ring (bicyclic) bond motifs is 3. The number of aromatic nitrogens is 1. The van der Waals surface area contributed by atoms with Gasteiger partial charge in [-0.2, -0.15) is 0 Å². The van der Waals surface area contributed by atoms with Gasteiger partial charge in [-0.05, 0) is 45.4 Å². The SMILES string of the molecule is CNC(=O)C(NC(=O)[C@@H]1CN(C(=O)c2cncs2)CC12CN(CC1CCCO1)C2)[C@@H](C)OCC12CCC(CC1)OC2. The quantitative estimate of drug-likeness (QED) is 0.419. The first-order valence-corrected chi connectivity index (χ1v) is 15.9. The van der Waals surface area contributed by atoms with E-state index in [1.807, 2.05) is 6.92 Å². The lowest BCUT2D eigenvalue weighted by molar-refractivity contribution is -0.156. The third-order valence-electron chi connectivity index (χ3n) is 10.0. The first kappa shape index (κ1) is 29.0. The molecule has 5 aliphatic heterocycles. The highest BCUT2D eigenvalue weighted by molar-refractivity contribution is 7.11. The fourth-order valence-electron chi connectivity index (χ4n) is 7.54. The van der Waals surface area contributed by atoms with Crippen LogP contribution >= 0.6 is 11.3 Å². The Morgan fingerprint density at radius 1 is 1.20 bits per heavy atom. The molecule has 226 valence electrons. The van der Waals surface area contributed by atoms with Crippen molar-refractivity contribution in [2.24, 2.45) is 16.7 Å². The minimum atomic E-state index is -0.837. The number of carbonyl (C=O) groups excluding carboxylic acids is 3. The number of carbonyl (C=O) groups is 3. The van der Waals surface area contributed by atoms with E-state index in [-0.39, 0.29) is 34.7 Å². The van der Waals surface area contributed by atoms with Crippen LogP contribution in [0.4, 0.5) is 0 Å². The summed E-state index contributed by atoms with van der Waals surface area (Å²) in [6.07, 6.45) is 8.06. The van der Waals surface area contributed by atoms with Gasteiger partial charge < -0.3 is 29.7 Å². The molecule has 3 amide bonds. The number of hydrogen-bond donors (Lipinski definition) is 2. The Hall–Kier alpha value is -2.12. The average Bonchev–Trinajstić information content (AvgIpc) is 3.76. The Balaban J connectivity index is 1.13. The maximum atomic E-state index is 14.0. The maximum absolute atomic E-state index is 14.0. The summed E-state index contributed by atoms with van der Waals surface area (Å²) in [6.45, 7) is 6.96. The summed E-state index contributed by atoms with van der Waals surface area (Å²) >= 11 is 1.31. The first-order chi connectivity index (χ1) is 19.8. The minimum Gasteiger partial charge on any atom is -0.378 e. The molecule has 11 nitrogen and oxygen atoms in total. The van der Waals surface area contributed by atoms with Crippen LogP contribution in [0.2, 0.25) is 0 Å². The molecule has 1 spiro atoms. The summed E-state index contributed by atoms with van der Waals surface area (Å²) in [5, 5.41) is 5.75. The van der Waals surface area contributed by atoms with Gasteiger partial charge in [-0.15, -0.1) is 11.3 Å². The van der Waals surface area contributed by atoms with Crippen molar-refractivity contribution in [3.63, 3.8) is 0 Å². The second-order valence-electron chi connectivity index (χ2n) is 12.9. The molecule has 1 aromatic rings. The number of hydrogen-bond acceptors (Lipinski definition) is 9. The molecule has 6 heterocycles. The Morgan fingerprint density at radius 2 is 2.00 bits per heavy atom.